The van der Waals surface area contributed by atoms with Gasteiger partial charge < -0.3 is 18.9 Å². The number of nitriles is 1. The maximum Gasteiger partial charge on any atom is 0.270 e. The average Bonchev–Trinajstić information content (AvgIpc) is 3.15. The minimum absolute atomic E-state index is 0.0475. The highest BCUT2D eigenvalue weighted by molar-refractivity contribution is 6.32. The normalized spacial score (nSPS) is 16.7. The van der Waals surface area contributed by atoms with Gasteiger partial charge in [-0.05, 0) is 64.4 Å². The summed E-state index contributed by atoms with van der Waals surface area (Å²) in [5.74, 6) is -3.05. The van der Waals surface area contributed by atoms with Crippen LogP contribution in [-0.2, 0) is 20.7 Å². The van der Waals surface area contributed by atoms with Crippen LogP contribution in [0.5, 0.6) is 17.4 Å². The second-order valence-corrected chi connectivity index (χ2v) is 11.6. The average molecular weight is 631 g/mol. The second kappa shape index (κ2) is 12.7. The number of nitrogens with one attached hydrogen (secondary N) is 2. The molecule has 2 aromatic carbocycles. The first kappa shape index (κ1) is 32.0. The third-order valence-electron chi connectivity index (χ3n) is 6.43. The van der Waals surface area contributed by atoms with Gasteiger partial charge in [-0.25, -0.2) is 9.37 Å². The first-order valence-electron chi connectivity index (χ1n) is 13.1. The molecule has 0 bridgehead atoms. The number of aryl methyl sites for hydroxylation is 1. The lowest BCUT2D eigenvalue weighted by Gasteiger charge is -2.23. The maximum atomic E-state index is 15.3. The quantitative estimate of drug-likeness (QED) is 0.298. The number of hydrogen-bond donors (Lipinski definition) is 2. The molecule has 0 unspecified atom stereocenters. The lowest BCUT2D eigenvalue weighted by atomic mass is 10.0. The fourth-order valence-electron chi connectivity index (χ4n) is 4.45. The highest BCUT2D eigenvalue weighted by Crippen LogP contribution is 2.37. The highest BCUT2D eigenvalue weighted by Gasteiger charge is 2.47. The van der Waals surface area contributed by atoms with Crippen LogP contribution in [0.15, 0.2) is 42.6 Å². The molecule has 226 valence electrons. The molecule has 0 saturated carbocycles. The molecule has 2 amide bonds. The third kappa shape index (κ3) is 7.91. The number of nitrogens with zero attached hydrogens (tertiary/aromatic N) is 2. The van der Waals surface area contributed by atoms with Gasteiger partial charge in [-0.1, -0.05) is 29.3 Å². The minimum atomic E-state index is -0.887. The Kier molecular flexibility index (Phi) is 9.47. The number of ether oxygens (including phenoxy) is 4. The van der Waals surface area contributed by atoms with E-state index in [0.717, 1.165) is 0 Å². The number of rotatable bonds is 8. The molecular formula is C30H29Cl2FN4O6. The number of aromatic nitrogens is 1. The summed E-state index contributed by atoms with van der Waals surface area (Å²) in [7, 11) is 0. The van der Waals surface area contributed by atoms with Crippen molar-refractivity contribution in [3.05, 3.63) is 80.7 Å². The predicted molar refractivity (Wildman–Crippen MR) is 156 cm³/mol. The van der Waals surface area contributed by atoms with Crippen molar-refractivity contribution in [1.82, 2.24) is 15.8 Å². The standard InChI is InChI=1S/C30H29Cl2FN4O6/c1-16-14-35-25(40-15-23-29(2,3)43-30(4,5)42-23)12-21(16)28(39)37-36-24(38)10-18-6-7-22(32)27(26(18)33)41-20-9-17(13-34)8-19(31)11-20/h6-9,11-12,14,23H,10,15H2,1-5H3,(H,36,38)(H,37,39)/t23-/m0/s1. The Morgan fingerprint density at radius 2 is 1.88 bits per heavy atom. The van der Waals surface area contributed by atoms with E-state index in [1.807, 2.05) is 33.8 Å². The van der Waals surface area contributed by atoms with Gasteiger partial charge in [0.15, 0.2) is 17.4 Å². The van der Waals surface area contributed by atoms with Crippen LogP contribution in [0.3, 0.4) is 0 Å². The fraction of sp³-hybridized carbons (Fsp3) is 0.333. The van der Waals surface area contributed by atoms with Crippen molar-refractivity contribution in [3.63, 3.8) is 0 Å². The van der Waals surface area contributed by atoms with Crippen molar-refractivity contribution in [2.45, 2.75) is 58.5 Å². The van der Waals surface area contributed by atoms with Crippen LogP contribution in [0.25, 0.3) is 0 Å². The number of carbonyl (C=O) groups excluding carboxylic acids is 2. The minimum Gasteiger partial charge on any atom is -0.475 e. The highest BCUT2D eigenvalue weighted by atomic mass is 35.5. The number of hydrazine groups is 1. The van der Waals surface area contributed by atoms with Crippen LogP contribution < -0.4 is 20.3 Å². The number of amides is 2. The first-order chi connectivity index (χ1) is 20.2. The van der Waals surface area contributed by atoms with Gasteiger partial charge in [0.05, 0.1) is 34.2 Å². The molecule has 0 spiro atoms. The molecule has 1 saturated heterocycles. The van der Waals surface area contributed by atoms with Gasteiger partial charge in [0.1, 0.15) is 18.5 Å². The number of halogens is 3. The molecule has 1 aliphatic rings. The van der Waals surface area contributed by atoms with Crippen molar-refractivity contribution in [3.8, 4) is 23.4 Å². The van der Waals surface area contributed by atoms with E-state index in [1.165, 1.54) is 42.6 Å². The molecule has 0 radical (unpaired) electrons. The van der Waals surface area contributed by atoms with Crippen LogP contribution in [0, 0.1) is 24.1 Å². The van der Waals surface area contributed by atoms with Crippen LogP contribution in [0.4, 0.5) is 4.39 Å². The van der Waals surface area contributed by atoms with Gasteiger partial charge >= 0.3 is 0 Å². The smallest absolute Gasteiger partial charge is 0.270 e. The Morgan fingerprint density at radius 1 is 1.14 bits per heavy atom. The molecule has 3 aromatic rings. The van der Waals surface area contributed by atoms with E-state index in [0.29, 0.717) is 5.56 Å². The zero-order valence-electron chi connectivity index (χ0n) is 24.0. The van der Waals surface area contributed by atoms with Crippen molar-refractivity contribution in [2.75, 3.05) is 6.61 Å². The molecule has 13 heteroatoms. The summed E-state index contributed by atoms with van der Waals surface area (Å²) in [4.78, 5) is 29.7. The van der Waals surface area contributed by atoms with E-state index < -0.39 is 35.4 Å². The largest absolute Gasteiger partial charge is 0.475 e. The number of pyridine rings is 1. The molecule has 1 atom stereocenters. The summed E-state index contributed by atoms with van der Waals surface area (Å²) in [5, 5.41) is 9.29. The van der Waals surface area contributed by atoms with Gasteiger partial charge in [0.2, 0.25) is 11.8 Å². The second-order valence-electron chi connectivity index (χ2n) is 10.8. The SMILES string of the molecule is Cc1cnc(OC[C@@H]2OC(C)(C)OC2(C)C)cc1C(=O)NNC(=O)Cc1ccc(Cl)c(Oc2cc(Cl)cc(C#N)c2)c1F. The number of carbonyl (C=O) groups is 2. The van der Waals surface area contributed by atoms with Crippen LogP contribution in [-0.4, -0.2) is 40.9 Å². The zero-order chi connectivity index (χ0) is 31.5. The summed E-state index contributed by atoms with van der Waals surface area (Å²) in [6, 6.07) is 10.2. The van der Waals surface area contributed by atoms with Gasteiger partial charge in [-0.2, -0.15) is 5.26 Å². The monoisotopic (exact) mass is 630 g/mol. The predicted octanol–water partition coefficient (Wildman–Crippen LogP) is 5.81. The van der Waals surface area contributed by atoms with Crippen molar-refractivity contribution in [2.24, 2.45) is 0 Å². The molecule has 43 heavy (non-hydrogen) atoms. The molecule has 1 aliphatic heterocycles. The lowest BCUT2D eigenvalue weighted by molar-refractivity contribution is -0.158. The van der Waals surface area contributed by atoms with Crippen LogP contribution >= 0.6 is 23.2 Å². The van der Waals surface area contributed by atoms with E-state index in [-0.39, 0.29) is 56.8 Å². The topological polar surface area (TPSA) is 132 Å². The summed E-state index contributed by atoms with van der Waals surface area (Å²) in [6.07, 6.45) is 0.650. The Labute approximate surface area is 258 Å². The van der Waals surface area contributed by atoms with E-state index in [2.05, 4.69) is 15.8 Å². The Hall–Kier alpha value is -3.95. The Bertz CT molecular complexity index is 1610. The first-order valence-corrected chi connectivity index (χ1v) is 13.8. The van der Waals surface area contributed by atoms with Crippen LogP contribution in [0.1, 0.15) is 54.7 Å². The maximum absolute atomic E-state index is 15.3. The molecule has 2 heterocycles. The summed E-state index contributed by atoms with van der Waals surface area (Å²) in [5.41, 5.74) is 4.91. The Balaban J connectivity index is 1.38. The van der Waals surface area contributed by atoms with Crippen LogP contribution in [0.2, 0.25) is 10.0 Å². The van der Waals surface area contributed by atoms with E-state index in [1.54, 1.807) is 6.92 Å². The molecule has 10 nitrogen and oxygen atoms in total. The van der Waals surface area contributed by atoms with Crippen molar-refractivity contribution >= 4 is 35.0 Å². The van der Waals surface area contributed by atoms with Gasteiger partial charge in [-0.15, -0.1) is 0 Å². The summed E-state index contributed by atoms with van der Waals surface area (Å²) < 4.78 is 38.4. The number of hydrogen-bond acceptors (Lipinski definition) is 8. The lowest BCUT2D eigenvalue weighted by Crippen LogP contribution is -2.42. The fourth-order valence-corrected chi connectivity index (χ4v) is 4.86. The van der Waals surface area contributed by atoms with E-state index in [4.69, 9.17) is 47.4 Å². The van der Waals surface area contributed by atoms with Gasteiger partial charge in [0, 0.05) is 22.8 Å². The van der Waals surface area contributed by atoms with Crippen molar-refractivity contribution < 1.29 is 32.9 Å². The van der Waals surface area contributed by atoms with E-state index in [9.17, 15) is 9.59 Å². The molecule has 1 aromatic heterocycles. The Morgan fingerprint density at radius 3 is 2.56 bits per heavy atom. The van der Waals surface area contributed by atoms with E-state index >= 15 is 4.39 Å². The molecular weight excluding hydrogens is 602 g/mol. The zero-order valence-corrected chi connectivity index (χ0v) is 25.5. The summed E-state index contributed by atoms with van der Waals surface area (Å²) >= 11 is 12.1. The summed E-state index contributed by atoms with van der Waals surface area (Å²) in [6.45, 7) is 9.24. The third-order valence-corrected chi connectivity index (χ3v) is 6.95. The van der Waals surface area contributed by atoms with Gasteiger partial charge in [0.25, 0.3) is 5.91 Å². The number of benzene rings is 2. The molecule has 4 rings (SSSR count). The molecule has 2 N–H and O–H groups in total. The molecule has 0 aliphatic carbocycles. The molecule has 1 fully saturated rings. The van der Waals surface area contributed by atoms with Gasteiger partial charge in [-0.3, -0.25) is 20.4 Å². The van der Waals surface area contributed by atoms with Crippen molar-refractivity contribution in [1.29, 1.82) is 5.26 Å².